The number of fused-ring (bicyclic) bond motifs is 1. The van der Waals surface area contributed by atoms with Crippen LogP contribution < -0.4 is 5.32 Å². The maximum atomic E-state index is 13.2. The Kier molecular flexibility index (Phi) is 7.83. The third kappa shape index (κ3) is 6.49. The van der Waals surface area contributed by atoms with Crippen LogP contribution in [0.5, 0.6) is 0 Å². The second-order valence-corrected chi connectivity index (χ2v) is 13.1. The maximum absolute atomic E-state index is 13.2. The monoisotopic (exact) mass is 535 g/mol. The lowest BCUT2D eigenvalue weighted by Crippen LogP contribution is -2.53. The molecule has 1 aliphatic heterocycles. The number of rotatable bonds is 5. The van der Waals surface area contributed by atoms with E-state index in [-0.39, 0.29) is 29.9 Å². The first kappa shape index (κ1) is 26.7. The summed E-state index contributed by atoms with van der Waals surface area (Å²) in [5.74, 6) is 0.160. The molecule has 2 aliphatic rings. The standard InChI is InChI=1S/C26H34ClN3O5S/c1-26(2,3)35-25(32)28-22-9-4-18(5-10-22)16-29-12-13-30(17-24(29)31)36(33,34)23-11-7-19-14-21(27)8-6-20(19)15-23/h6-8,11,14-15,18,22H,4-5,9-10,12-13,16-17H2,1-3H3,(H,28,32)/t18-,22-. The molecule has 2 aromatic rings. The van der Waals surface area contributed by atoms with Crippen molar-refractivity contribution in [2.45, 2.75) is 63.0 Å². The number of benzene rings is 2. The Balaban J connectivity index is 1.29. The van der Waals surface area contributed by atoms with Crippen LogP contribution in [0.4, 0.5) is 4.79 Å². The van der Waals surface area contributed by atoms with Crippen LogP contribution in [-0.4, -0.2) is 67.4 Å². The summed E-state index contributed by atoms with van der Waals surface area (Å²) >= 11 is 6.03. The minimum absolute atomic E-state index is 0.0757. The Hall–Kier alpha value is -2.36. The molecular weight excluding hydrogens is 502 g/mol. The van der Waals surface area contributed by atoms with Crippen molar-refractivity contribution in [3.05, 3.63) is 41.4 Å². The van der Waals surface area contributed by atoms with Crippen molar-refractivity contribution >= 4 is 44.4 Å². The van der Waals surface area contributed by atoms with Crippen molar-refractivity contribution < 1.29 is 22.7 Å². The Morgan fingerprint density at radius 3 is 2.39 bits per heavy atom. The number of hydrogen-bond acceptors (Lipinski definition) is 5. The number of carbonyl (C=O) groups excluding carboxylic acids is 2. The smallest absolute Gasteiger partial charge is 0.407 e. The van der Waals surface area contributed by atoms with E-state index < -0.39 is 21.7 Å². The molecule has 2 amide bonds. The Labute approximate surface area is 218 Å². The topological polar surface area (TPSA) is 96.0 Å². The van der Waals surface area contributed by atoms with Gasteiger partial charge < -0.3 is 15.0 Å². The molecule has 1 saturated carbocycles. The molecule has 0 unspecified atom stereocenters. The van der Waals surface area contributed by atoms with Gasteiger partial charge in [-0.05, 0) is 87.4 Å². The lowest BCUT2D eigenvalue weighted by atomic mass is 9.85. The molecule has 10 heteroatoms. The average Bonchev–Trinajstić information content (AvgIpc) is 2.80. The van der Waals surface area contributed by atoms with E-state index in [0.29, 0.717) is 24.0 Å². The van der Waals surface area contributed by atoms with Gasteiger partial charge in [0.15, 0.2) is 0 Å². The number of nitrogens with one attached hydrogen (secondary N) is 1. The van der Waals surface area contributed by atoms with Crippen molar-refractivity contribution in [3.63, 3.8) is 0 Å². The van der Waals surface area contributed by atoms with Gasteiger partial charge in [-0.1, -0.05) is 23.7 Å². The SMILES string of the molecule is CC(C)(C)OC(=O)N[C@H]1CC[C@H](CN2CCN(S(=O)(=O)c3ccc4cc(Cl)ccc4c3)CC2=O)CC1. The molecule has 2 fully saturated rings. The van der Waals surface area contributed by atoms with Gasteiger partial charge in [0, 0.05) is 30.7 Å². The van der Waals surface area contributed by atoms with E-state index in [0.717, 1.165) is 36.5 Å². The van der Waals surface area contributed by atoms with Crippen LogP contribution in [0.3, 0.4) is 0 Å². The first-order chi connectivity index (χ1) is 16.9. The van der Waals surface area contributed by atoms with Gasteiger partial charge in [0.1, 0.15) is 5.60 Å². The number of sulfonamides is 1. The van der Waals surface area contributed by atoms with Gasteiger partial charge in [-0.3, -0.25) is 4.79 Å². The number of ether oxygens (including phenoxy) is 1. The van der Waals surface area contributed by atoms with Crippen LogP contribution in [0, 0.1) is 5.92 Å². The van der Waals surface area contributed by atoms with E-state index in [2.05, 4.69) is 5.32 Å². The summed E-state index contributed by atoms with van der Waals surface area (Å²) in [6.07, 6.45) is 3.06. The number of alkyl carbamates (subject to hydrolysis) is 1. The zero-order chi connectivity index (χ0) is 26.1. The number of amides is 2. The van der Waals surface area contributed by atoms with Crippen molar-refractivity contribution in [3.8, 4) is 0 Å². The predicted molar refractivity (Wildman–Crippen MR) is 139 cm³/mol. The summed E-state index contributed by atoms with van der Waals surface area (Å²) in [6, 6.07) is 10.3. The van der Waals surface area contributed by atoms with E-state index in [4.69, 9.17) is 16.3 Å². The van der Waals surface area contributed by atoms with Crippen molar-refractivity contribution in [2.75, 3.05) is 26.2 Å². The van der Waals surface area contributed by atoms with Gasteiger partial charge in [-0.2, -0.15) is 4.31 Å². The number of piperazine rings is 1. The third-order valence-electron chi connectivity index (χ3n) is 6.74. The number of nitrogens with zero attached hydrogens (tertiary/aromatic N) is 2. The highest BCUT2D eigenvalue weighted by Gasteiger charge is 2.34. The summed E-state index contributed by atoms with van der Waals surface area (Å²) in [5.41, 5.74) is -0.528. The highest BCUT2D eigenvalue weighted by Crippen LogP contribution is 2.28. The van der Waals surface area contributed by atoms with Crippen LogP contribution in [0.25, 0.3) is 10.8 Å². The average molecular weight is 536 g/mol. The quantitative estimate of drug-likeness (QED) is 0.612. The summed E-state index contributed by atoms with van der Waals surface area (Å²) in [4.78, 5) is 26.8. The molecule has 1 aliphatic carbocycles. The van der Waals surface area contributed by atoms with Gasteiger partial charge >= 0.3 is 6.09 Å². The molecule has 8 nitrogen and oxygen atoms in total. The molecule has 0 bridgehead atoms. The lowest BCUT2D eigenvalue weighted by Gasteiger charge is -2.37. The molecule has 0 spiro atoms. The highest BCUT2D eigenvalue weighted by molar-refractivity contribution is 7.89. The van der Waals surface area contributed by atoms with E-state index in [1.54, 1.807) is 41.3 Å². The largest absolute Gasteiger partial charge is 0.444 e. The summed E-state index contributed by atoms with van der Waals surface area (Å²) < 4.78 is 33.1. The first-order valence-electron chi connectivity index (χ1n) is 12.4. The molecule has 0 radical (unpaired) electrons. The van der Waals surface area contributed by atoms with E-state index >= 15 is 0 Å². The predicted octanol–water partition coefficient (Wildman–Crippen LogP) is 4.41. The second kappa shape index (κ2) is 10.6. The molecule has 2 aromatic carbocycles. The molecular formula is C26H34ClN3O5S. The summed E-state index contributed by atoms with van der Waals surface area (Å²) in [6.45, 7) is 6.61. The minimum atomic E-state index is -3.78. The molecule has 4 rings (SSSR count). The summed E-state index contributed by atoms with van der Waals surface area (Å²) in [7, 11) is -3.78. The minimum Gasteiger partial charge on any atom is -0.444 e. The fraction of sp³-hybridized carbons (Fsp3) is 0.538. The molecule has 1 saturated heterocycles. The van der Waals surface area contributed by atoms with Crippen LogP contribution >= 0.6 is 11.6 Å². The zero-order valence-electron chi connectivity index (χ0n) is 21.0. The Morgan fingerprint density at radius 1 is 1.06 bits per heavy atom. The van der Waals surface area contributed by atoms with Crippen LogP contribution in [0.15, 0.2) is 41.3 Å². The molecule has 196 valence electrons. The summed E-state index contributed by atoms with van der Waals surface area (Å²) in [5, 5.41) is 5.17. The van der Waals surface area contributed by atoms with Gasteiger partial charge in [0.2, 0.25) is 15.9 Å². The maximum Gasteiger partial charge on any atom is 0.407 e. The van der Waals surface area contributed by atoms with Crippen molar-refractivity contribution in [2.24, 2.45) is 5.92 Å². The Bertz CT molecular complexity index is 1240. The number of hydrogen-bond donors (Lipinski definition) is 1. The Morgan fingerprint density at radius 2 is 1.72 bits per heavy atom. The van der Waals surface area contributed by atoms with Gasteiger partial charge in [-0.15, -0.1) is 0 Å². The third-order valence-corrected chi connectivity index (χ3v) is 8.82. The highest BCUT2D eigenvalue weighted by atomic mass is 35.5. The fourth-order valence-corrected chi connectivity index (χ4v) is 6.46. The van der Waals surface area contributed by atoms with Crippen LogP contribution in [0.1, 0.15) is 46.5 Å². The lowest BCUT2D eigenvalue weighted by molar-refractivity contribution is -0.134. The molecule has 0 aromatic heterocycles. The zero-order valence-corrected chi connectivity index (χ0v) is 22.6. The van der Waals surface area contributed by atoms with E-state index in [1.165, 1.54) is 4.31 Å². The number of carbonyl (C=O) groups is 2. The second-order valence-electron chi connectivity index (χ2n) is 10.7. The van der Waals surface area contributed by atoms with Crippen LogP contribution in [0.2, 0.25) is 5.02 Å². The fourth-order valence-electron chi connectivity index (χ4n) is 4.86. The van der Waals surface area contributed by atoms with Gasteiger partial charge in [-0.25, -0.2) is 13.2 Å². The number of halogens is 1. The first-order valence-corrected chi connectivity index (χ1v) is 14.2. The van der Waals surface area contributed by atoms with Gasteiger partial charge in [0.25, 0.3) is 0 Å². The van der Waals surface area contributed by atoms with Gasteiger partial charge in [0.05, 0.1) is 11.4 Å². The molecule has 36 heavy (non-hydrogen) atoms. The van der Waals surface area contributed by atoms with E-state index in [1.807, 2.05) is 20.8 Å². The molecule has 1 N–H and O–H groups in total. The van der Waals surface area contributed by atoms with Crippen molar-refractivity contribution in [1.29, 1.82) is 0 Å². The molecule has 1 heterocycles. The van der Waals surface area contributed by atoms with Crippen molar-refractivity contribution in [1.82, 2.24) is 14.5 Å². The normalized spacial score (nSPS) is 22.0. The molecule has 0 atom stereocenters. The van der Waals surface area contributed by atoms with Crippen LogP contribution in [-0.2, 0) is 19.6 Å². The van der Waals surface area contributed by atoms with E-state index in [9.17, 15) is 18.0 Å².